The fraction of sp³-hybridized carbons (Fsp3) is 0.389. The van der Waals surface area contributed by atoms with Crippen LogP contribution in [0.2, 0.25) is 0 Å². The maximum atomic E-state index is 12.5. The van der Waals surface area contributed by atoms with Gasteiger partial charge in [0.25, 0.3) is 5.91 Å². The van der Waals surface area contributed by atoms with Gasteiger partial charge in [0, 0.05) is 23.8 Å². The molecule has 2 aliphatic rings. The van der Waals surface area contributed by atoms with E-state index in [-0.39, 0.29) is 5.91 Å². The van der Waals surface area contributed by atoms with E-state index in [1.54, 1.807) is 24.5 Å². The number of rotatable bonds is 2. The lowest BCUT2D eigenvalue weighted by molar-refractivity contribution is 0.102. The third-order valence-corrected chi connectivity index (χ3v) is 4.66. The van der Waals surface area contributed by atoms with E-state index in [0.717, 1.165) is 37.8 Å². The van der Waals surface area contributed by atoms with Gasteiger partial charge in [0.15, 0.2) is 0 Å². The van der Waals surface area contributed by atoms with E-state index in [2.05, 4.69) is 10.3 Å². The van der Waals surface area contributed by atoms with Crippen molar-refractivity contribution in [3.63, 3.8) is 0 Å². The molecular formula is C18H19N3O. The molecule has 0 bridgehead atoms. The zero-order chi connectivity index (χ0) is 14.9. The van der Waals surface area contributed by atoms with Crippen molar-refractivity contribution in [2.75, 3.05) is 5.32 Å². The van der Waals surface area contributed by atoms with E-state index in [1.165, 1.54) is 35.4 Å². The van der Waals surface area contributed by atoms with E-state index in [9.17, 15) is 4.79 Å². The summed E-state index contributed by atoms with van der Waals surface area (Å²) in [4.78, 5) is 21.4. The van der Waals surface area contributed by atoms with E-state index < -0.39 is 0 Å². The summed E-state index contributed by atoms with van der Waals surface area (Å²) in [6.45, 7) is 0. The van der Waals surface area contributed by atoms with Crippen molar-refractivity contribution in [2.24, 2.45) is 0 Å². The fourth-order valence-electron chi connectivity index (χ4n) is 3.58. The van der Waals surface area contributed by atoms with Crippen LogP contribution in [0.4, 0.5) is 5.69 Å². The zero-order valence-electron chi connectivity index (χ0n) is 12.6. The summed E-state index contributed by atoms with van der Waals surface area (Å²) < 4.78 is 0. The summed E-state index contributed by atoms with van der Waals surface area (Å²) in [6, 6.07) is 3.59. The SMILES string of the molecule is O=C(Nc1c2c(nc3c1CCC3)CCCC2)c1cccnc1. The van der Waals surface area contributed by atoms with Crippen LogP contribution >= 0.6 is 0 Å². The number of aryl methyl sites for hydroxylation is 2. The third kappa shape index (κ3) is 2.28. The summed E-state index contributed by atoms with van der Waals surface area (Å²) in [5.41, 5.74) is 6.58. The summed E-state index contributed by atoms with van der Waals surface area (Å²) in [7, 11) is 0. The zero-order valence-corrected chi connectivity index (χ0v) is 12.6. The fourth-order valence-corrected chi connectivity index (χ4v) is 3.58. The van der Waals surface area contributed by atoms with Gasteiger partial charge < -0.3 is 5.32 Å². The van der Waals surface area contributed by atoms with Crippen molar-refractivity contribution in [3.05, 3.63) is 52.6 Å². The van der Waals surface area contributed by atoms with E-state index >= 15 is 0 Å². The lowest BCUT2D eigenvalue weighted by atomic mass is 9.92. The van der Waals surface area contributed by atoms with Crippen LogP contribution in [0.25, 0.3) is 0 Å². The van der Waals surface area contributed by atoms with Crippen molar-refractivity contribution in [3.8, 4) is 0 Å². The monoisotopic (exact) mass is 293 g/mol. The van der Waals surface area contributed by atoms with Gasteiger partial charge in [-0.25, -0.2) is 0 Å². The molecule has 0 spiro atoms. The van der Waals surface area contributed by atoms with Crippen LogP contribution in [-0.2, 0) is 25.7 Å². The third-order valence-electron chi connectivity index (χ3n) is 4.66. The molecule has 0 saturated carbocycles. The molecule has 0 radical (unpaired) electrons. The van der Waals surface area contributed by atoms with Crippen LogP contribution in [0.3, 0.4) is 0 Å². The second kappa shape index (κ2) is 5.52. The van der Waals surface area contributed by atoms with Gasteiger partial charge in [-0.1, -0.05) is 0 Å². The molecule has 0 saturated heterocycles. The molecule has 0 aliphatic heterocycles. The first-order valence-electron chi connectivity index (χ1n) is 8.08. The predicted octanol–water partition coefficient (Wildman–Crippen LogP) is 3.10. The van der Waals surface area contributed by atoms with Crippen molar-refractivity contribution in [2.45, 2.75) is 44.9 Å². The number of hydrogen-bond donors (Lipinski definition) is 1. The Labute approximate surface area is 130 Å². The smallest absolute Gasteiger partial charge is 0.257 e. The lowest BCUT2D eigenvalue weighted by Crippen LogP contribution is -2.18. The molecule has 1 N–H and O–H groups in total. The molecule has 2 heterocycles. The first-order chi connectivity index (χ1) is 10.8. The number of carbonyl (C=O) groups is 1. The first kappa shape index (κ1) is 13.4. The minimum absolute atomic E-state index is 0.0684. The van der Waals surface area contributed by atoms with Gasteiger partial charge in [0.2, 0.25) is 0 Å². The van der Waals surface area contributed by atoms with Crippen LogP contribution in [0.5, 0.6) is 0 Å². The highest BCUT2D eigenvalue weighted by molar-refractivity contribution is 6.05. The molecule has 0 fully saturated rings. The van der Waals surface area contributed by atoms with Crippen LogP contribution < -0.4 is 5.32 Å². The van der Waals surface area contributed by atoms with Gasteiger partial charge in [-0.05, 0) is 68.2 Å². The highest BCUT2D eigenvalue weighted by atomic mass is 16.1. The predicted molar refractivity (Wildman–Crippen MR) is 85.1 cm³/mol. The maximum absolute atomic E-state index is 12.5. The second-order valence-corrected chi connectivity index (χ2v) is 6.09. The topological polar surface area (TPSA) is 54.9 Å². The van der Waals surface area contributed by atoms with Crippen molar-refractivity contribution >= 4 is 11.6 Å². The second-order valence-electron chi connectivity index (χ2n) is 6.09. The summed E-state index contributed by atoms with van der Waals surface area (Å²) in [5, 5.41) is 3.17. The molecule has 2 aromatic rings. The first-order valence-corrected chi connectivity index (χ1v) is 8.08. The Morgan fingerprint density at radius 1 is 1.00 bits per heavy atom. The van der Waals surface area contributed by atoms with Crippen molar-refractivity contribution in [1.29, 1.82) is 0 Å². The van der Waals surface area contributed by atoms with Gasteiger partial charge in [-0.3, -0.25) is 14.8 Å². The molecular weight excluding hydrogens is 274 g/mol. The molecule has 112 valence electrons. The van der Waals surface area contributed by atoms with E-state index in [1.807, 2.05) is 0 Å². The number of hydrogen-bond acceptors (Lipinski definition) is 3. The number of amides is 1. The molecule has 4 nitrogen and oxygen atoms in total. The molecule has 4 heteroatoms. The molecule has 0 atom stereocenters. The molecule has 2 aromatic heterocycles. The molecule has 0 unspecified atom stereocenters. The summed E-state index contributed by atoms with van der Waals surface area (Å²) in [6.07, 6.45) is 11.0. The minimum Gasteiger partial charge on any atom is -0.321 e. The molecule has 0 aromatic carbocycles. The molecule has 4 rings (SSSR count). The number of nitrogens with one attached hydrogen (secondary N) is 1. The Morgan fingerprint density at radius 2 is 1.73 bits per heavy atom. The largest absolute Gasteiger partial charge is 0.321 e. The number of nitrogens with zero attached hydrogens (tertiary/aromatic N) is 2. The van der Waals surface area contributed by atoms with Gasteiger partial charge in [-0.2, -0.15) is 0 Å². The number of pyridine rings is 2. The van der Waals surface area contributed by atoms with Crippen LogP contribution in [0, 0.1) is 0 Å². The minimum atomic E-state index is -0.0684. The van der Waals surface area contributed by atoms with Crippen molar-refractivity contribution in [1.82, 2.24) is 9.97 Å². The Bertz CT molecular complexity index is 725. The maximum Gasteiger partial charge on any atom is 0.257 e. The average molecular weight is 293 g/mol. The molecule has 1 amide bonds. The van der Waals surface area contributed by atoms with Crippen LogP contribution in [0.1, 0.15) is 52.1 Å². The average Bonchev–Trinajstić information content (AvgIpc) is 3.03. The number of anilines is 1. The number of fused-ring (bicyclic) bond motifs is 2. The Morgan fingerprint density at radius 3 is 2.50 bits per heavy atom. The Hall–Kier alpha value is -2.23. The Kier molecular flexibility index (Phi) is 3.37. The van der Waals surface area contributed by atoms with Gasteiger partial charge in [0.05, 0.1) is 11.3 Å². The number of aromatic nitrogens is 2. The summed E-state index contributed by atoms with van der Waals surface area (Å²) in [5.74, 6) is -0.0684. The molecule has 22 heavy (non-hydrogen) atoms. The van der Waals surface area contributed by atoms with Gasteiger partial charge >= 0.3 is 0 Å². The highest BCUT2D eigenvalue weighted by Gasteiger charge is 2.25. The van der Waals surface area contributed by atoms with E-state index in [4.69, 9.17) is 4.98 Å². The van der Waals surface area contributed by atoms with Crippen LogP contribution in [-0.4, -0.2) is 15.9 Å². The molecule has 2 aliphatic carbocycles. The van der Waals surface area contributed by atoms with Gasteiger partial charge in [-0.15, -0.1) is 0 Å². The normalized spacial score (nSPS) is 16.0. The quantitative estimate of drug-likeness (QED) is 0.925. The van der Waals surface area contributed by atoms with Gasteiger partial charge in [0.1, 0.15) is 0 Å². The van der Waals surface area contributed by atoms with Crippen molar-refractivity contribution < 1.29 is 4.79 Å². The summed E-state index contributed by atoms with van der Waals surface area (Å²) >= 11 is 0. The highest BCUT2D eigenvalue weighted by Crippen LogP contribution is 2.36. The Balaban J connectivity index is 1.75. The standard InChI is InChI=1S/C18H19N3O/c22-18(12-5-4-10-19-11-12)21-17-13-6-1-2-8-15(13)20-16-9-3-7-14(16)17/h4-5,10-11H,1-3,6-9H2,(H,20,21,22). The lowest BCUT2D eigenvalue weighted by Gasteiger charge is -2.22. The van der Waals surface area contributed by atoms with Crippen LogP contribution in [0.15, 0.2) is 24.5 Å². The van der Waals surface area contributed by atoms with E-state index in [0.29, 0.717) is 5.56 Å². The number of carbonyl (C=O) groups excluding carboxylic acids is 1.